The van der Waals surface area contributed by atoms with Gasteiger partial charge in [-0.3, -0.25) is 0 Å². The van der Waals surface area contributed by atoms with Crippen molar-refractivity contribution in [3.05, 3.63) is 39.8 Å². The molecule has 0 amide bonds. The fraction of sp³-hybridized carbons (Fsp3) is 0.214. The van der Waals surface area contributed by atoms with Crippen molar-refractivity contribution in [1.82, 2.24) is 4.98 Å². The summed E-state index contributed by atoms with van der Waals surface area (Å²) in [5, 5.41) is 9.35. The Hall–Kier alpha value is -1.72. The van der Waals surface area contributed by atoms with Crippen LogP contribution in [0, 0.1) is 5.95 Å². The lowest BCUT2D eigenvalue weighted by molar-refractivity contribution is 0.452. The highest BCUT2D eigenvalue weighted by Gasteiger charge is 2.19. The summed E-state index contributed by atoms with van der Waals surface area (Å²) in [6.45, 7) is 3.84. The van der Waals surface area contributed by atoms with Gasteiger partial charge in [0.2, 0.25) is 5.95 Å². The van der Waals surface area contributed by atoms with Gasteiger partial charge in [-0.2, -0.15) is 9.37 Å². The van der Waals surface area contributed by atoms with Gasteiger partial charge < -0.3 is 15.6 Å². The summed E-state index contributed by atoms with van der Waals surface area (Å²) in [6.07, 6.45) is 0. The second kappa shape index (κ2) is 5.95. The van der Waals surface area contributed by atoms with E-state index in [0.29, 0.717) is 11.3 Å². The highest BCUT2D eigenvalue weighted by atomic mass is 35.5. The largest absolute Gasteiger partial charge is 0.508 e. The maximum atomic E-state index is 13.5. The lowest BCUT2D eigenvalue weighted by Crippen LogP contribution is -1.99. The topological polar surface area (TPSA) is 68.4 Å². The molecule has 0 aliphatic heterocycles. The predicted octanol–water partition coefficient (Wildman–Crippen LogP) is 4.73. The zero-order valence-electron chi connectivity index (χ0n) is 11.3. The van der Waals surface area contributed by atoms with Crippen molar-refractivity contribution < 1.29 is 14.2 Å². The number of benzene rings is 1. The van der Waals surface area contributed by atoms with E-state index in [1.54, 1.807) is 6.07 Å². The van der Waals surface area contributed by atoms with Gasteiger partial charge in [0.1, 0.15) is 27.4 Å². The van der Waals surface area contributed by atoms with Gasteiger partial charge in [0.25, 0.3) is 0 Å². The van der Waals surface area contributed by atoms with E-state index in [9.17, 15) is 9.50 Å². The van der Waals surface area contributed by atoms with Crippen molar-refractivity contribution in [2.75, 3.05) is 5.73 Å². The van der Waals surface area contributed by atoms with Crippen molar-refractivity contribution in [1.29, 1.82) is 0 Å². The Kier molecular flexibility index (Phi) is 4.44. The van der Waals surface area contributed by atoms with E-state index in [2.05, 4.69) is 4.98 Å². The molecule has 0 unspecified atom stereocenters. The molecule has 1 heterocycles. The number of hydrogen-bond acceptors (Lipinski definition) is 4. The Balaban J connectivity index is 2.46. The summed E-state index contributed by atoms with van der Waals surface area (Å²) in [6, 6.07) is 4.62. The molecule has 7 heteroatoms. The molecular weight excluding hydrogens is 318 g/mol. The zero-order chi connectivity index (χ0) is 15.7. The average Bonchev–Trinajstić information content (AvgIpc) is 2.43. The highest BCUT2D eigenvalue weighted by molar-refractivity contribution is 6.38. The Bertz CT molecular complexity index is 667. The molecule has 0 radical (unpaired) electrons. The maximum absolute atomic E-state index is 13.5. The number of nitrogen functional groups attached to an aromatic ring is 1. The standard InChI is InChI=1S/C14H13Cl2FN2O2/c1-6(2)8-5-7(3-4-9(8)20)21-12-10(15)13(17)19-14(18)11(12)16/h3-6,20H,1-2H3,(H2,18,19). The molecule has 1 aromatic heterocycles. The third kappa shape index (κ3) is 3.14. The molecule has 2 aromatic rings. The van der Waals surface area contributed by atoms with Crippen LogP contribution in [0.3, 0.4) is 0 Å². The molecule has 0 saturated carbocycles. The predicted molar refractivity (Wildman–Crippen MR) is 80.9 cm³/mol. The van der Waals surface area contributed by atoms with Gasteiger partial charge >= 0.3 is 0 Å². The minimum atomic E-state index is -0.962. The zero-order valence-corrected chi connectivity index (χ0v) is 12.8. The number of phenolic OH excluding ortho intramolecular Hbond substituents is 1. The molecule has 0 aliphatic rings. The number of hydrogen-bond donors (Lipinski definition) is 2. The summed E-state index contributed by atoms with van der Waals surface area (Å²) < 4.78 is 19.0. The number of anilines is 1. The summed E-state index contributed by atoms with van der Waals surface area (Å²) in [4.78, 5) is 3.36. The Morgan fingerprint density at radius 2 is 1.95 bits per heavy atom. The van der Waals surface area contributed by atoms with Crippen LogP contribution in [-0.4, -0.2) is 10.1 Å². The van der Waals surface area contributed by atoms with E-state index in [1.807, 2.05) is 13.8 Å². The minimum Gasteiger partial charge on any atom is -0.508 e. The molecule has 2 rings (SSSR count). The van der Waals surface area contributed by atoms with Crippen LogP contribution in [0.2, 0.25) is 10.0 Å². The van der Waals surface area contributed by atoms with E-state index < -0.39 is 5.95 Å². The fourth-order valence-electron chi connectivity index (χ4n) is 1.78. The van der Waals surface area contributed by atoms with Crippen LogP contribution in [0.15, 0.2) is 18.2 Å². The Morgan fingerprint density at radius 3 is 2.57 bits per heavy atom. The summed E-state index contributed by atoms with van der Waals surface area (Å²) in [5.74, 6) is -0.699. The van der Waals surface area contributed by atoms with Gasteiger partial charge in [-0.15, -0.1) is 0 Å². The Labute approximate surface area is 131 Å². The van der Waals surface area contributed by atoms with Crippen LogP contribution in [0.5, 0.6) is 17.2 Å². The highest BCUT2D eigenvalue weighted by Crippen LogP contribution is 2.41. The van der Waals surface area contributed by atoms with Crippen LogP contribution in [0.25, 0.3) is 0 Å². The number of ether oxygens (including phenoxy) is 1. The van der Waals surface area contributed by atoms with Gasteiger partial charge in [-0.25, -0.2) is 0 Å². The second-order valence-corrected chi connectivity index (χ2v) is 5.48. The third-order valence-corrected chi connectivity index (χ3v) is 3.56. The Morgan fingerprint density at radius 1 is 1.29 bits per heavy atom. The number of rotatable bonds is 3. The van der Waals surface area contributed by atoms with Gasteiger partial charge in [0, 0.05) is 5.56 Å². The van der Waals surface area contributed by atoms with E-state index in [4.69, 9.17) is 33.7 Å². The number of pyridine rings is 1. The van der Waals surface area contributed by atoms with E-state index >= 15 is 0 Å². The molecule has 4 nitrogen and oxygen atoms in total. The van der Waals surface area contributed by atoms with Crippen molar-refractivity contribution in [3.8, 4) is 17.2 Å². The molecule has 0 spiro atoms. The maximum Gasteiger partial charge on any atom is 0.237 e. The van der Waals surface area contributed by atoms with Gasteiger partial charge in [-0.05, 0) is 24.1 Å². The first-order valence-corrected chi connectivity index (χ1v) is 6.87. The van der Waals surface area contributed by atoms with Crippen LogP contribution in [0.1, 0.15) is 25.3 Å². The smallest absolute Gasteiger partial charge is 0.237 e. The third-order valence-electron chi connectivity index (χ3n) is 2.86. The SMILES string of the molecule is CC(C)c1cc(Oc2c(Cl)c(N)nc(F)c2Cl)ccc1O. The fourth-order valence-corrected chi connectivity index (χ4v) is 2.18. The van der Waals surface area contributed by atoms with Crippen molar-refractivity contribution >= 4 is 29.0 Å². The molecule has 1 aromatic carbocycles. The first-order chi connectivity index (χ1) is 9.81. The van der Waals surface area contributed by atoms with E-state index in [0.717, 1.165) is 0 Å². The molecule has 3 N–H and O–H groups in total. The molecule has 21 heavy (non-hydrogen) atoms. The monoisotopic (exact) mass is 330 g/mol. The van der Waals surface area contributed by atoms with Gasteiger partial charge in [0.15, 0.2) is 5.75 Å². The van der Waals surface area contributed by atoms with E-state index in [-0.39, 0.29) is 33.3 Å². The number of aromatic nitrogens is 1. The van der Waals surface area contributed by atoms with Crippen LogP contribution in [0.4, 0.5) is 10.2 Å². The molecular formula is C14H13Cl2FN2O2. The summed E-state index contributed by atoms with van der Waals surface area (Å²) in [5.41, 5.74) is 6.17. The van der Waals surface area contributed by atoms with Gasteiger partial charge in [-0.1, -0.05) is 37.0 Å². The number of nitrogens with zero attached hydrogens (tertiary/aromatic N) is 1. The van der Waals surface area contributed by atoms with Gasteiger partial charge in [0.05, 0.1) is 0 Å². The summed E-state index contributed by atoms with van der Waals surface area (Å²) >= 11 is 11.7. The van der Waals surface area contributed by atoms with Crippen molar-refractivity contribution in [2.24, 2.45) is 0 Å². The quantitative estimate of drug-likeness (QED) is 0.798. The molecule has 0 bridgehead atoms. The first-order valence-electron chi connectivity index (χ1n) is 6.12. The molecule has 112 valence electrons. The lowest BCUT2D eigenvalue weighted by atomic mass is 10.0. The number of aromatic hydroxyl groups is 1. The van der Waals surface area contributed by atoms with Crippen LogP contribution < -0.4 is 10.5 Å². The number of halogens is 3. The number of phenols is 1. The van der Waals surface area contributed by atoms with E-state index in [1.165, 1.54) is 12.1 Å². The normalized spacial score (nSPS) is 11.0. The van der Waals surface area contributed by atoms with Crippen LogP contribution in [-0.2, 0) is 0 Å². The molecule has 0 aliphatic carbocycles. The molecule has 0 fully saturated rings. The second-order valence-electron chi connectivity index (χ2n) is 4.72. The molecule has 0 atom stereocenters. The number of nitrogens with two attached hydrogens (primary N) is 1. The van der Waals surface area contributed by atoms with Crippen molar-refractivity contribution in [2.45, 2.75) is 19.8 Å². The van der Waals surface area contributed by atoms with Crippen LogP contribution >= 0.6 is 23.2 Å². The van der Waals surface area contributed by atoms with Crippen molar-refractivity contribution in [3.63, 3.8) is 0 Å². The molecule has 0 saturated heterocycles. The average molecular weight is 331 g/mol. The summed E-state index contributed by atoms with van der Waals surface area (Å²) in [7, 11) is 0. The lowest BCUT2D eigenvalue weighted by Gasteiger charge is -2.14. The first kappa shape index (κ1) is 15.7. The minimum absolute atomic E-state index is 0.0689.